The van der Waals surface area contributed by atoms with E-state index in [4.69, 9.17) is 9.15 Å². The summed E-state index contributed by atoms with van der Waals surface area (Å²) in [5.74, 6) is 0.787. The highest BCUT2D eigenvalue weighted by Gasteiger charge is 2.46. The first kappa shape index (κ1) is 15.2. The second kappa shape index (κ2) is 5.95. The van der Waals surface area contributed by atoms with E-state index in [1.54, 1.807) is 12.3 Å². The molecule has 1 aromatic heterocycles. The molecule has 0 saturated carbocycles. The number of carbonyl (C=O) groups excluding carboxylic acids is 1. The van der Waals surface area contributed by atoms with Crippen molar-refractivity contribution in [3.8, 4) is 0 Å². The van der Waals surface area contributed by atoms with Crippen LogP contribution in [0.2, 0.25) is 0 Å². The molecule has 4 heterocycles. The van der Waals surface area contributed by atoms with Gasteiger partial charge in [-0.2, -0.15) is 0 Å². The van der Waals surface area contributed by atoms with Crippen LogP contribution in [0.4, 0.5) is 0 Å². The molecule has 5 heteroatoms. The topological polar surface area (TPSA) is 45.9 Å². The van der Waals surface area contributed by atoms with Crippen molar-refractivity contribution in [1.82, 2.24) is 9.80 Å². The van der Waals surface area contributed by atoms with Gasteiger partial charge < -0.3 is 19.0 Å². The lowest BCUT2D eigenvalue weighted by Gasteiger charge is -2.41. The van der Waals surface area contributed by atoms with Gasteiger partial charge in [-0.25, -0.2) is 0 Å². The molecule has 0 N–H and O–H groups in total. The predicted molar refractivity (Wildman–Crippen MR) is 86.5 cm³/mol. The molecule has 0 aromatic carbocycles. The van der Waals surface area contributed by atoms with Gasteiger partial charge in [0, 0.05) is 19.2 Å². The molecule has 23 heavy (non-hydrogen) atoms. The molecule has 0 unspecified atom stereocenters. The Bertz CT molecular complexity index is 579. The lowest BCUT2D eigenvalue weighted by molar-refractivity contribution is -0.0946. The number of rotatable bonds is 2. The van der Waals surface area contributed by atoms with Gasteiger partial charge in [0.2, 0.25) is 0 Å². The normalized spacial score (nSPS) is 32.0. The highest BCUT2D eigenvalue weighted by molar-refractivity contribution is 5.95. The maximum absolute atomic E-state index is 12.7. The van der Waals surface area contributed by atoms with Gasteiger partial charge in [-0.05, 0) is 58.2 Å². The van der Waals surface area contributed by atoms with Crippen LogP contribution in [0.1, 0.15) is 48.2 Å². The van der Waals surface area contributed by atoms with E-state index in [1.807, 2.05) is 11.8 Å². The largest absolute Gasteiger partial charge is 0.469 e. The summed E-state index contributed by atoms with van der Waals surface area (Å²) in [6, 6.07) is 2.41. The molecular weight excluding hydrogens is 292 g/mol. The summed E-state index contributed by atoms with van der Waals surface area (Å²) in [7, 11) is 0. The first-order chi connectivity index (χ1) is 11.2. The Morgan fingerprint density at radius 3 is 2.87 bits per heavy atom. The van der Waals surface area contributed by atoms with Crippen LogP contribution in [0.15, 0.2) is 16.7 Å². The summed E-state index contributed by atoms with van der Waals surface area (Å²) in [4.78, 5) is 17.3. The van der Waals surface area contributed by atoms with Crippen LogP contribution in [0.5, 0.6) is 0 Å². The third kappa shape index (κ3) is 2.81. The van der Waals surface area contributed by atoms with Crippen LogP contribution in [0.3, 0.4) is 0 Å². The molecule has 3 aliphatic rings. The quantitative estimate of drug-likeness (QED) is 0.840. The average Bonchev–Trinajstić information content (AvgIpc) is 3.28. The molecule has 3 fully saturated rings. The van der Waals surface area contributed by atoms with E-state index >= 15 is 0 Å². The van der Waals surface area contributed by atoms with Crippen LogP contribution < -0.4 is 0 Å². The second-order valence-electron chi connectivity index (χ2n) is 7.29. The molecule has 0 radical (unpaired) electrons. The van der Waals surface area contributed by atoms with Gasteiger partial charge >= 0.3 is 0 Å². The summed E-state index contributed by atoms with van der Waals surface area (Å²) in [6.07, 6.45) is 7.41. The zero-order valence-corrected chi connectivity index (χ0v) is 13.9. The van der Waals surface area contributed by atoms with Crippen LogP contribution in [0.25, 0.3) is 0 Å². The Morgan fingerprint density at radius 2 is 2.13 bits per heavy atom. The molecule has 1 spiro atoms. The first-order valence-electron chi connectivity index (χ1n) is 8.88. The number of furan rings is 1. The molecule has 0 bridgehead atoms. The van der Waals surface area contributed by atoms with Crippen molar-refractivity contribution >= 4 is 5.91 Å². The van der Waals surface area contributed by atoms with Gasteiger partial charge in [0.05, 0.1) is 24.0 Å². The second-order valence-corrected chi connectivity index (χ2v) is 7.29. The van der Waals surface area contributed by atoms with Crippen molar-refractivity contribution in [2.45, 2.75) is 50.7 Å². The highest BCUT2D eigenvalue weighted by atomic mass is 16.5. The van der Waals surface area contributed by atoms with Crippen molar-refractivity contribution in [3.63, 3.8) is 0 Å². The van der Waals surface area contributed by atoms with Crippen LogP contribution in [0, 0.1) is 6.92 Å². The minimum Gasteiger partial charge on any atom is -0.469 e. The number of aryl methyl sites for hydroxylation is 1. The number of ether oxygens (including phenoxy) is 1. The number of hydrogen-bond donors (Lipinski definition) is 0. The smallest absolute Gasteiger partial charge is 0.257 e. The standard InChI is InChI=1S/C18H26N2O3/c1-14-16(5-10-22-14)17(21)20-9-6-18(13-20)12-15(4-11-23-18)19-7-2-3-8-19/h5,10,15H,2-4,6-9,11-13H2,1H3/t15-,18+/m0/s1. The number of likely N-dealkylation sites (tertiary alicyclic amines) is 2. The molecule has 2 atom stereocenters. The number of nitrogens with zero attached hydrogens (tertiary/aromatic N) is 2. The molecule has 1 amide bonds. The summed E-state index contributed by atoms with van der Waals surface area (Å²) in [5.41, 5.74) is 0.563. The number of hydrogen-bond acceptors (Lipinski definition) is 4. The Kier molecular flexibility index (Phi) is 3.93. The Labute approximate surface area is 137 Å². The average molecular weight is 318 g/mol. The number of carbonyl (C=O) groups is 1. The lowest BCUT2D eigenvalue weighted by atomic mass is 9.89. The highest BCUT2D eigenvalue weighted by Crippen LogP contribution is 2.37. The van der Waals surface area contributed by atoms with Crippen molar-refractivity contribution in [1.29, 1.82) is 0 Å². The van der Waals surface area contributed by atoms with Gasteiger partial charge in [-0.1, -0.05) is 0 Å². The van der Waals surface area contributed by atoms with Crippen molar-refractivity contribution < 1.29 is 13.9 Å². The molecular formula is C18H26N2O3. The first-order valence-corrected chi connectivity index (χ1v) is 8.88. The lowest BCUT2D eigenvalue weighted by Crippen LogP contribution is -2.49. The molecule has 3 saturated heterocycles. The molecule has 1 aromatic rings. The van der Waals surface area contributed by atoms with E-state index < -0.39 is 0 Å². The fourth-order valence-corrected chi connectivity index (χ4v) is 4.50. The molecule has 0 aliphatic carbocycles. The fourth-order valence-electron chi connectivity index (χ4n) is 4.50. The summed E-state index contributed by atoms with van der Waals surface area (Å²) in [5, 5.41) is 0. The number of amides is 1. The Balaban J connectivity index is 1.44. The third-order valence-corrected chi connectivity index (χ3v) is 5.82. The minimum absolute atomic E-state index is 0.0834. The van der Waals surface area contributed by atoms with Gasteiger partial charge in [0.25, 0.3) is 5.91 Å². The molecule has 3 aliphatic heterocycles. The SMILES string of the molecule is Cc1occc1C(=O)N1CC[C@@]2(C[C@@H](N3CCCC3)CCO2)C1. The van der Waals surface area contributed by atoms with Crippen LogP contribution in [-0.2, 0) is 4.74 Å². The molecule has 5 nitrogen and oxygen atoms in total. The van der Waals surface area contributed by atoms with Gasteiger partial charge in [0.1, 0.15) is 5.76 Å². The monoisotopic (exact) mass is 318 g/mol. The van der Waals surface area contributed by atoms with Crippen LogP contribution >= 0.6 is 0 Å². The fraction of sp³-hybridized carbons (Fsp3) is 0.722. The van der Waals surface area contributed by atoms with Gasteiger partial charge in [0.15, 0.2) is 0 Å². The summed E-state index contributed by atoms with van der Waals surface area (Å²) < 4.78 is 11.5. The van der Waals surface area contributed by atoms with Gasteiger partial charge in [-0.3, -0.25) is 4.79 Å². The maximum atomic E-state index is 12.7. The predicted octanol–water partition coefficient (Wildman–Crippen LogP) is 2.45. The Morgan fingerprint density at radius 1 is 1.30 bits per heavy atom. The third-order valence-electron chi connectivity index (χ3n) is 5.82. The van der Waals surface area contributed by atoms with Crippen LogP contribution in [-0.4, -0.2) is 60.1 Å². The summed E-state index contributed by atoms with van der Waals surface area (Å²) >= 11 is 0. The van der Waals surface area contributed by atoms with E-state index in [0.29, 0.717) is 17.4 Å². The van der Waals surface area contributed by atoms with Crippen molar-refractivity contribution in [2.75, 3.05) is 32.8 Å². The maximum Gasteiger partial charge on any atom is 0.257 e. The minimum atomic E-state index is -0.126. The van der Waals surface area contributed by atoms with E-state index in [1.165, 1.54) is 25.9 Å². The molecule has 4 rings (SSSR count). The van der Waals surface area contributed by atoms with E-state index in [0.717, 1.165) is 39.0 Å². The van der Waals surface area contributed by atoms with E-state index in [2.05, 4.69) is 4.90 Å². The van der Waals surface area contributed by atoms with Crippen molar-refractivity contribution in [3.05, 3.63) is 23.7 Å². The summed E-state index contributed by atoms with van der Waals surface area (Å²) in [6.45, 7) is 6.65. The van der Waals surface area contributed by atoms with E-state index in [-0.39, 0.29) is 11.5 Å². The molecule has 126 valence electrons. The zero-order valence-electron chi connectivity index (χ0n) is 13.9. The van der Waals surface area contributed by atoms with Gasteiger partial charge in [-0.15, -0.1) is 0 Å². The van der Waals surface area contributed by atoms with Crippen molar-refractivity contribution in [2.24, 2.45) is 0 Å². The van der Waals surface area contributed by atoms with E-state index in [9.17, 15) is 4.79 Å². The Hall–Kier alpha value is -1.33. The zero-order chi connectivity index (χ0) is 15.9.